The quantitative estimate of drug-likeness (QED) is 0.198. The summed E-state index contributed by atoms with van der Waals surface area (Å²) in [5.41, 5.74) is -1.18. The largest absolute Gasteiger partial charge is 0.496 e. The van der Waals surface area contributed by atoms with E-state index in [1.807, 2.05) is 0 Å². The first kappa shape index (κ1) is 25.3. The minimum Gasteiger partial charge on any atom is -0.496 e. The van der Waals surface area contributed by atoms with Crippen molar-refractivity contribution in [3.05, 3.63) is 63.7 Å². The van der Waals surface area contributed by atoms with Crippen LogP contribution in [0.1, 0.15) is 21.8 Å². The van der Waals surface area contributed by atoms with Crippen LogP contribution >= 0.6 is 7.60 Å². The van der Waals surface area contributed by atoms with Crippen LogP contribution in [-0.2, 0) is 13.6 Å². The van der Waals surface area contributed by atoms with Gasteiger partial charge < -0.3 is 23.3 Å². The van der Waals surface area contributed by atoms with Crippen molar-refractivity contribution in [2.75, 3.05) is 42.1 Å². The summed E-state index contributed by atoms with van der Waals surface area (Å²) in [7, 11) is 2.25. The lowest BCUT2D eigenvalue weighted by Crippen LogP contribution is -2.34. The molecule has 2 aromatic carbocycles. The number of benzene rings is 2. The van der Waals surface area contributed by atoms with Gasteiger partial charge in [-0.05, 0) is 0 Å². The van der Waals surface area contributed by atoms with Crippen LogP contribution in [0.3, 0.4) is 0 Å². The average molecular weight is 467 g/mol. The number of Topliss-reactive ketones (excluding diaryl/α,β-unsaturated/α-hetero) is 1. The van der Waals surface area contributed by atoms with Crippen molar-refractivity contribution < 1.29 is 37.5 Å². The van der Waals surface area contributed by atoms with Crippen LogP contribution in [0.15, 0.2) is 42.5 Å². The number of carbonyl (C=O) groups is 1. The van der Waals surface area contributed by atoms with Crippen LogP contribution in [0, 0.1) is 10.1 Å². The highest BCUT2D eigenvalue weighted by molar-refractivity contribution is 7.55. The van der Waals surface area contributed by atoms with Crippen molar-refractivity contribution >= 4 is 13.4 Å². The first-order valence-electron chi connectivity index (χ1n) is 9.48. The summed E-state index contributed by atoms with van der Waals surface area (Å²) < 4.78 is 40.0. The number of carbonyl (C=O) groups excluding carboxylic acids is 1. The molecule has 0 saturated carbocycles. The molecule has 10 nitrogen and oxygen atoms in total. The lowest BCUT2D eigenvalue weighted by Gasteiger charge is -2.30. The number of nitrogens with zero attached hydrogens (tertiary/aromatic N) is 1. The summed E-state index contributed by atoms with van der Waals surface area (Å²) in [4.78, 5) is 24.7. The van der Waals surface area contributed by atoms with Gasteiger partial charge in [0.2, 0.25) is 6.54 Å². The van der Waals surface area contributed by atoms with E-state index in [9.17, 15) is 19.5 Å². The SMILES string of the molecule is COc1cc(OC)c([C@@H](C[N+](=O)[O-])[C@H](C(=O)c2ccccc2)P(=O)(OC)OC)c(OC)c1. The number of ether oxygens (including phenoxy) is 3. The van der Waals surface area contributed by atoms with E-state index < -0.39 is 36.4 Å². The Labute approximate surface area is 186 Å². The minimum absolute atomic E-state index is 0.165. The van der Waals surface area contributed by atoms with Gasteiger partial charge in [0.25, 0.3) is 0 Å². The monoisotopic (exact) mass is 467 g/mol. The molecule has 0 N–H and O–H groups in total. The van der Waals surface area contributed by atoms with E-state index in [-0.39, 0.29) is 22.6 Å². The molecule has 0 saturated heterocycles. The van der Waals surface area contributed by atoms with Gasteiger partial charge in [0.1, 0.15) is 22.9 Å². The van der Waals surface area contributed by atoms with Gasteiger partial charge in [0, 0.05) is 42.4 Å². The molecular formula is C21H26NO9P. The van der Waals surface area contributed by atoms with Gasteiger partial charge in [-0.1, -0.05) is 30.3 Å². The van der Waals surface area contributed by atoms with Gasteiger partial charge in [-0.25, -0.2) is 0 Å². The van der Waals surface area contributed by atoms with Gasteiger partial charge in [-0.15, -0.1) is 0 Å². The lowest BCUT2D eigenvalue weighted by molar-refractivity contribution is -0.483. The normalized spacial score (nSPS) is 13.2. The highest BCUT2D eigenvalue weighted by Crippen LogP contribution is 2.59. The molecule has 32 heavy (non-hydrogen) atoms. The van der Waals surface area contributed by atoms with Crippen LogP contribution in [-0.4, -0.2) is 58.5 Å². The van der Waals surface area contributed by atoms with Gasteiger partial charge in [0.15, 0.2) is 5.78 Å². The fourth-order valence-corrected chi connectivity index (χ4v) is 5.25. The topological polar surface area (TPSA) is 123 Å². The maximum atomic E-state index is 13.6. The molecule has 0 aliphatic rings. The molecule has 0 heterocycles. The first-order chi connectivity index (χ1) is 15.3. The number of nitro groups is 1. The molecule has 2 rings (SSSR count). The highest BCUT2D eigenvalue weighted by Gasteiger charge is 2.50. The maximum Gasteiger partial charge on any atom is 0.341 e. The molecule has 0 spiro atoms. The molecule has 11 heteroatoms. The Morgan fingerprint density at radius 3 is 1.91 bits per heavy atom. The van der Waals surface area contributed by atoms with Crippen molar-refractivity contribution in [1.29, 1.82) is 0 Å². The zero-order valence-corrected chi connectivity index (χ0v) is 19.4. The number of methoxy groups -OCH3 is 3. The van der Waals surface area contributed by atoms with E-state index in [0.717, 1.165) is 14.2 Å². The Hall–Kier alpha value is -2.94. The molecule has 0 fully saturated rings. The predicted molar refractivity (Wildman–Crippen MR) is 117 cm³/mol. The van der Waals surface area contributed by atoms with Crippen molar-refractivity contribution in [3.8, 4) is 17.2 Å². The second-order valence-electron chi connectivity index (χ2n) is 6.65. The molecular weight excluding hydrogens is 441 g/mol. The van der Waals surface area contributed by atoms with Crippen LogP contribution in [0.2, 0.25) is 0 Å². The summed E-state index contributed by atoms with van der Waals surface area (Å²) in [6.45, 7) is -0.765. The Balaban J connectivity index is 2.85. The third-order valence-corrected chi connectivity index (χ3v) is 7.32. The van der Waals surface area contributed by atoms with E-state index >= 15 is 0 Å². The summed E-state index contributed by atoms with van der Waals surface area (Å²) >= 11 is 0. The maximum absolute atomic E-state index is 13.6. The van der Waals surface area contributed by atoms with Crippen LogP contribution in [0.4, 0.5) is 0 Å². The molecule has 2 atom stereocenters. The van der Waals surface area contributed by atoms with E-state index in [4.69, 9.17) is 23.3 Å². The van der Waals surface area contributed by atoms with Gasteiger partial charge in [-0.2, -0.15) is 0 Å². The molecule has 0 radical (unpaired) electrons. The summed E-state index contributed by atoms with van der Waals surface area (Å²) in [6, 6.07) is 11.0. The molecule has 0 aliphatic heterocycles. The molecule has 174 valence electrons. The summed E-state index contributed by atoms with van der Waals surface area (Å²) in [5, 5.41) is 11.7. The minimum atomic E-state index is -4.17. The molecule has 0 unspecified atom stereocenters. The van der Waals surface area contributed by atoms with E-state index in [2.05, 4.69) is 0 Å². The fraction of sp³-hybridized carbons (Fsp3) is 0.381. The van der Waals surface area contributed by atoms with Gasteiger partial charge >= 0.3 is 7.60 Å². The zero-order valence-electron chi connectivity index (χ0n) is 18.5. The fourth-order valence-electron chi connectivity index (χ4n) is 3.53. The molecule has 0 aliphatic carbocycles. The molecule has 0 aromatic heterocycles. The van der Waals surface area contributed by atoms with Crippen molar-refractivity contribution in [3.63, 3.8) is 0 Å². The van der Waals surface area contributed by atoms with Crippen molar-refractivity contribution in [2.24, 2.45) is 0 Å². The Morgan fingerprint density at radius 1 is 0.969 bits per heavy atom. The Bertz CT molecular complexity index is 963. The second-order valence-corrected chi connectivity index (χ2v) is 9.01. The Morgan fingerprint density at radius 2 is 1.50 bits per heavy atom. The highest BCUT2D eigenvalue weighted by atomic mass is 31.2. The molecule has 0 bridgehead atoms. The molecule has 0 amide bonds. The number of ketones is 1. The molecule has 2 aromatic rings. The smallest absolute Gasteiger partial charge is 0.341 e. The predicted octanol–water partition coefficient (Wildman–Crippen LogP) is 3.81. The van der Waals surface area contributed by atoms with Crippen LogP contribution < -0.4 is 14.2 Å². The van der Waals surface area contributed by atoms with Gasteiger partial charge in [-0.3, -0.25) is 19.5 Å². The number of hydrogen-bond acceptors (Lipinski definition) is 9. The first-order valence-corrected chi connectivity index (χ1v) is 11.1. The second kappa shape index (κ2) is 11.1. The van der Waals surface area contributed by atoms with Gasteiger partial charge in [0.05, 0.1) is 27.2 Å². The van der Waals surface area contributed by atoms with Crippen LogP contribution in [0.5, 0.6) is 17.2 Å². The van der Waals surface area contributed by atoms with Crippen molar-refractivity contribution in [2.45, 2.75) is 11.6 Å². The van der Waals surface area contributed by atoms with E-state index in [0.29, 0.717) is 5.75 Å². The summed E-state index contributed by atoms with van der Waals surface area (Å²) in [5.74, 6) is -1.21. The third kappa shape index (κ3) is 5.27. The average Bonchev–Trinajstić information content (AvgIpc) is 2.82. The summed E-state index contributed by atoms with van der Waals surface area (Å²) in [6.07, 6.45) is 0. The van der Waals surface area contributed by atoms with E-state index in [1.165, 1.54) is 45.6 Å². The van der Waals surface area contributed by atoms with Crippen LogP contribution in [0.25, 0.3) is 0 Å². The van der Waals surface area contributed by atoms with Crippen molar-refractivity contribution in [1.82, 2.24) is 0 Å². The lowest BCUT2D eigenvalue weighted by atomic mass is 9.89. The number of hydrogen-bond donors (Lipinski definition) is 0. The van der Waals surface area contributed by atoms with E-state index in [1.54, 1.807) is 18.2 Å². The Kier molecular flexibility index (Phi) is 8.77. The third-order valence-electron chi connectivity index (χ3n) is 5.03. The standard InChI is InChI=1S/C21H26NO9P/c1-27-15-11-17(28-2)19(18(12-15)29-3)16(13-22(24)25)21(32(26,30-4)31-5)20(23)14-9-7-6-8-10-14/h6-12,16,21H,13H2,1-5H3/t16-,21-/m1/s1. The number of rotatable bonds is 12. The zero-order chi connectivity index (χ0) is 23.9.